The standard InChI is InChI=1S/C22H28N4O2/c27-20-5-2-9-25(20)14-13-24-10-7-17(8-11-24)26-12-6-16-15-23-22(28)18-3-1-4-19(26)21(16)18/h1,3-4,15,17H,2,5-14H2,(H,23,28). The van der Waals surface area contributed by atoms with Crippen LogP contribution >= 0.6 is 0 Å². The Morgan fingerprint density at radius 2 is 1.93 bits per heavy atom. The van der Waals surface area contributed by atoms with E-state index in [-0.39, 0.29) is 5.88 Å². The molecule has 0 unspecified atom stereocenters. The molecule has 1 aromatic heterocycles. The first kappa shape index (κ1) is 17.7. The molecule has 0 spiro atoms. The highest BCUT2D eigenvalue weighted by atomic mass is 16.3. The maximum Gasteiger partial charge on any atom is 0.222 e. The van der Waals surface area contributed by atoms with Gasteiger partial charge in [-0.3, -0.25) is 4.79 Å². The zero-order valence-corrected chi connectivity index (χ0v) is 16.3. The van der Waals surface area contributed by atoms with E-state index in [2.05, 4.69) is 20.9 Å². The van der Waals surface area contributed by atoms with Gasteiger partial charge >= 0.3 is 0 Å². The summed E-state index contributed by atoms with van der Waals surface area (Å²) in [6.45, 7) is 6.02. The number of piperidine rings is 1. The van der Waals surface area contributed by atoms with Crippen molar-refractivity contribution in [1.29, 1.82) is 0 Å². The van der Waals surface area contributed by atoms with Gasteiger partial charge in [-0.15, -0.1) is 0 Å². The number of anilines is 1. The summed E-state index contributed by atoms with van der Waals surface area (Å²) < 4.78 is 0. The van der Waals surface area contributed by atoms with E-state index in [1.807, 2.05) is 23.2 Å². The van der Waals surface area contributed by atoms with Crippen molar-refractivity contribution in [1.82, 2.24) is 14.8 Å². The fourth-order valence-corrected chi connectivity index (χ4v) is 5.16. The molecule has 3 aliphatic rings. The van der Waals surface area contributed by atoms with Crippen molar-refractivity contribution in [2.24, 2.45) is 0 Å². The van der Waals surface area contributed by atoms with Crippen molar-refractivity contribution in [3.63, 3.8) is 0 Å². The van der Waals surface area contributed by atoms with Crippen LogP contribution in [0.2, 0.25) is 0 Å². The zero-order chi connectivity index (χ0) is 19.1. The van der Waals surface area contributed by atoms with Gasteiger partial charge in [0, 0.05) is 74.4 Å². The first-order chi connectivity index (χ1) is 13.7. The first-order valence-electron chi connectivity index (χ1n) is 10.6. The summed E-state index contributed by atoms with van der Waals surface area (Å²) in [6.07, 6.45) is 6.87. The Labute approximate surface area is 165 Å². The molecule has 3 aliphatic heterocycles. The molecule has 1 N–H and O–H groups in total. The van der Waals surface area contributed by atoms with Crippen molar-refractivity contribution >= 4 is 22.4 Å². The summed E-state index contributed by atoms with van der Waals surface area (Å²) in [5.41, 5.74) is 2.49. The number of rotatable bonds is 4. The van der Waals surface area contributed by atoms with Gasteiger partial charge in [0.05, 0.1) is 0 Å². The van der Waals surface area contributed by atoms with E-state index in [4.69, 9.17) is 0 Å². The lowest BCUT2D eigenvalue weighted by Crippen LogP contribution is -2.48. The minimum absolute atomic E-state index is 0.133. The molecular formula is C22H28N4O2. The Morgan fingerprint density at radius 3 is 2.71 bits per heavy atom. The van der Waals surface area contributed by atoms with Crippen LogP contribution < -0.4 is 4.90 Å². The number of aromatic nitrogens is 1. The third-order valence-corrected chi connectivity index (χ3v) is 6.73. The fraction of sp³-hybridized carbons (Fsp3) is 0.545. The van der Waals surface area contributed by atoms with Crippen LogP contribution in [0.5, 0.6) is 5.88 Å². The lowest BCUT2D eigenvalue weighted by Gasteiger charge is -2.42. The van der Waals surface area contributed by atoms with E-state index in [0.717, 1.165) is 76.8 Å². The predicted octanol–water partition coefficient (Wildman–Crippen LogP) is 2.39. The van der Waals surface area contributed by atoms with Crippen molar-refractivity contribution < 1.29 is 9.90 Å². The number of likely N-dealkylation sites (tertiary alicyclic amines) is 2. The van der Waals surface area contributed by atoms with Crippen molar-refractivity contribution in [2.75, 3.05) is 44.2 Å². The Hall–Kier alpha value is -2.34. The average molecular weight is 380 g/mol. The molecule has 0 radical (unpaired) electrons. The number of hydrogen-bond acceptors (Lipinski definition) is 5. The summed E-state index contributed by atoms with van der Waals surface area (Å²) in [4.78, 5) is 23.0. The number of benzene rings is 1. The SMILES string of the molecule is O=C1CCCN1CCN1CCC(N2CCc3cnc(O)c4cccc2c34)CC1. The van der Waals surface area contributed by atoms with E-state index in [1.54, 1.807) is 0 Å². The summed E-state index contributed by atoms with van der Waals surface area (Å²) >= 11 is 0. The lowest BCUT2D eigenvalue weighted by molar-refractivity contribution is -0.127. The molecule has 2 saturated heterocycles. The van der Waals surface area contributed by atoms with Gasteiger partial charge in [-0.1, -0.05) is 6.07 Å². The van der Waals surface area contributed by atoms with Crippen LogP contribution in [0.1, 0.15) is 31.2 Å². The second-order valence-corrected chi connectivity index (χ2v) is 8.31. The van der Waals surface area contributed by atoms with Gasteiger partial charge in [-0.25, -0.2) is 4.98 Å². The van der Waals surface area contributed by atoms with E-state index < -0.39 is 0 Å². The fourth-order valence-electron chi connectivity index (χ4n) is 5.16. The molecule has 0 saturated carbocycles. The normalized spacial score (nSPS) is 21.1. The van der Waals surface area contributed by atoms with Crippen LogP contribution in [0.15, 0.2) is 24.4 Å². The minimum atomic E-state index is 0.133. The molecule has 6 nitrogen and oxygen atoms in total. The van der Waals surface area contributed by atoms with Gasteiger partial charge in [0.25, 0.3) is 0 Å². The van der Waals surface area contributed by atoms with Crippen LogP contribution in [0.3, 0.4) is 0 Å². The van der Waals surface area contributed by atoms with Gasteiger partial charge in [-0.05, 0) is 43.4 Å². The van der Waals surface area contributed by atoms with Gasteiger partial charge in [0.2, 0.25) is 11.8 Å². The quantitative estimate of drug-likeness (QED) is 0.883. The summed E-state index contributed by atoms with van der Waals surface area (Å²) in [5, 5.41) is 12.2. The summed E-state index contributed by atoms with van der Waals surface area (Å²) in [5.74, 6) is 0.460. The molecule has 2 fully saturated rings. The van der Waals surface area contributed by atoms with Crippen LogP contribution in [-0.2, 0) is 11.2 Å². The lowest BCUT2D eigenvalue weighted by atomic mass is 9.94. The molecule has 148 valence electrons. The van der Waals surface area contributed by atoms with Crippen molar-refractivity contribution in [2.45, 2.75) is 38.1 Å². The number of carbonyl (C=O) groups excluding carboxylic acids is 1. The smallest absolute Gasteiger partial charge is 0.222 e. The second kappa shape index (κ2) is 7.24. The molecule has 5 rings (SSSR count). The molecular weight excluding hydrogens is 352 g/mol. The van der Waals surface area contributed by atoms with E-state index in [0.29, 0.717) is 11.9 Å². The molecule has 0 aliphatic carbocycles. The van der Waals surface area contributed by atoms with Gasteiger partial charge in [-0.2, -0.15) is 0 Å². The minimum Gasteiger partial charge on any atom is -0.493 e. The van der Waals surface area contributed by atoms with Crippen LogP contribution in [-0.4, -0.2) is 71.1 Å². The van der Waals surface area contributed by atoms with Gasteiger partial charge in [0.1, 0.15) is 0 Å². The molecule has 0 bridgehead atoms. The molecule has 1 aromatic carbocycles. The number of carbonyl (C=O) groups is 1. The average Bonchev–Trinajstić information content (AvgIpc) is 3.14. The topological polar surface area (TPSA) is 59.9 Å². The number of pyridine rings is 1. The van der Waals surface area contributed by atoms with Gasteiger partial charge < -0.3 is 19.8 Å². The molecule has 6 heteroatoms. The van der Waals surface area contributed by atoms with Crippen molar-refractivity contribution in [3.8, 4) is 5.88 Å². The summed E-state index contributed by atoms with van der Waals surface area (Å²) in [7, 11) is 0. The molecule has 1 amide bonds. The highest BCUT2D eigenvalue weighted by Crippen LogP contribution is 2.39. The highest BCUT2D eigenvalue weighted by molar-refractivity contribution is 6.00. The number of hydrogen-bond donors (Lipinski definition) is 1. The monoisotopic (exact) mass is 380 g/mol. The Balaban J connectivity index is 1.26. The molecule has 2 aromatic rings. The van der Waals surface area contributed by atoms with Crippen LogP contribution in [0.4, 0.5) is 5.69 Å². The third kappa shape index (κ3) is 3.09. The first-order valence-corrected chi connectivity index (χ1v) is 10.6. The molecule has 4 heterocycles. The number of amides is 1. The second-order valence-electron chi connectivity index (χ2n) is 8.31. The largest absolute Gasteiger partial charge is 0.493 e. The van der Waals surface area contributed by atoms with E-state index in [9.17, 15) is 9.90 Å². The van der Waals surface area contributed by atoms with Crippen molar-refractivity contribution in [3.05, 3.63) is 30.0 Å². The Kier molecular flexibility index (Phi) is 4.59. The maximum absolute atomic E-state index is 11.8. The maximum atomic E-state index is 11.8. The number of nitrogens with zero attached hydrogens (tertiary/aromatic N) is 4. The zero-order valence-electron chi connectivity index (χ0n) is 16.3. The number of aromatic hydroxyl groups is 1. The Bertz CT molecular complexity index is 891. The predicted molar refractivity (Wildman–Crippen MR) is 110 cm³/mol. The summed E-state index contributed by atoms with van der Waals surface area (Å²) in [6, 6.07) is 6.73. The van der Waals surface area contributed by atoms with E-state index >= 15 is 0 Å². The van der Waals surface area contributed by atoms with Crippen LogP contribution in [0, 0.1) is 0 Å². The van der Waals surface area contributed by atoms with Crippen LogP contribution in [0.25, 0.3) is 10.8 Å². The Morgan fingerprint density at radius 1 is 1.07 bits per heavy atom. The van der Waals surface area contributed by atoms with E-state index in [1.165, 1.54) is 16.6 Å². The third-order valence-electron chi connectivity index (χ3n) is 6.73. The molecule has 0 atom stereocenters. The highest BCUT2D eigenvalue weighted by Gasteiger charge is 2.29. The molecule has 28 heavy (non-hydrogen) atoms. The van der Waals surface area contributed by atoms with Gasteiger partial charge in [0.15, 0.2) is 0 Å².